The summed E-state index contributed by atoms with van der Waals surface area (Å²) in [6, 6.07) is 5.68. The van der Waals surface area contributed by atoms with Gasteiger partial charge < -0.3 is 14.8 Å². The molecule has 0 unspecified atom stereocenters. The first kappa shape index (κ1) is 13.6. The van der Waals surface area contributed by atoms with Crippen molar-refractivity contribution >= 4 is 0 Å². The fourth-order valence-electron chi connectivity index (χ4n) is 1.27. The summed E-state index contributed by atoms with van der Waals surface area (Å²) >= 11 is 0. The maximum Gasteiger partial charge on any atom is 0.140 e. The second-order valence-corrected chi connectivity index (χ2v) is 3.44. The number of aromatic nitrogens is 1. The van der Waals surface area contributed by atoms with E-state index in [1.807, 2.05) is 12.1 Å². The van der Waals surface area contributed by atoms with Crippen molar-refractivity contribution in [3.05, 3.63) is 29.6 Å². The van der Waals surface area contributed by atoms with E-state index >= 15 is 0 Å². The van der Waals surface area contributed by atoms with Crippen molar-refractivity contribution in [2.45, 2.75) is 6.54 Å². The van der Waals surface area contributed by atoms with Crippen molar-refractivity contribution in [3.63, 3.8) is 0 Å². The molecule has 1 N–H and O–H groups in total. The van der Waals surface area contributed by atoms with Gasteiger partial charge in [-0.3, -0.25) is 0 Å². The smallest absolute Gasteiger partial charge is 0.140 e. The van der Waals surface area contributed by atoms with Crippen molar-refractivity contribution in [1.82, 2.24) is 10.3 Å². The average Bonchev–Trinajstić information content (AvgIpc) is 2.38. The molecule has 0 spiro atoms. The minimum absolute atomic E-state index is 0.445. The summed E-state index contributed by atoms with van der Waals surface area (Å²) in [6.45, 7) is 3.38. The van der Waals surface area contributed by atoms with Gasteiger partial charge in [0.25, 0.3) is 0 Å². The number of hydrogen-bond acceptors (Lipinski definition) is 5. The highest BCUT2D eigenvalue weighted by Crippen LogP contribution is 1.99. The quantitative estimate of drug-likeness (QED) is 0.672. The van der Waals surface area contributed by atoms with Crippen molar-refractivity contribution in [3.8, 4) is 6.07 Å². The van der Waals surface area contributed by atoms with Crippen LogP contribution in [0, 0.1) is 11.3 Å². The fourth-order valence-corrected chi connectivity index (χ4v) is 1.27. The number of methoxy groups -OCH3 is 1. The van der Waals surface area contributed by atoms with E-state index in [9.17, 15) is 0 Å². The van der Waals surface area contributed by atoms with Crippen molar-refractivity contribution in [2.75, 3.05) is 33.5 Å². The SMILES string of the molecule is COCCOCCNCc1ccnc(C#N)c1. The molecule has 1 heterocycles. The van der Waals surface area contributed by atoms with E-state index in [-0.39, 0.29) is 0 Å². The molecule has 17 heavy (non-hydrogen) atoms. The minimum atomic E-state index is 0.445. The lowest BCUT2D eigenvalue weighted by atomic mass is 10.2. The number of ether oxygens (including phenoxy) is 2. The number of nitrogens with one attached hydrogen (secondary N) is 1. The van der Waals surface area contributed by atoms with Crippen LogP contribution in [0.15, 0.2) is 18.3 Å². The highest BCUT2D eigenvalue weighted by atomic mass is 16.5. The zero-order chi connectivity index (χ0) is 12.3. The molecule has 0 aliphatic rings. The molecule has 0 saturated heterocycles. The monoisotopic (exact) mass is 235 g/mol. The second-order valence-electron chi connectivity index (χ2n) is 3.44. The van der Waals surface area contributed by atoms with Gasteiger partial charge >= 0.3 is 0 Å². The Kier molecular flexibility index (Phi) is 6.91. The molecule has 0 aromatic carbocycles. The first-order valence-electron chi connectivity index (χ1n) is 5.49. The fraction of sp³-hybridized carbons (Fsp3) is 0.500. The summed E-state index contributed by atoms with van der Waals surface area (Å²) in [5.74, 6) is 0. The van der Waals surface area contributed by atoms with Crippen LogP contribution in [0.25, 0.3) is 0 Å². The average molecular weight is 235 g/mol. The van der Waals surface area contributed by atoms with E-state index in [2.05, 4.69) is 10.3 Å². The zero-order valence-corrected chi connectivity index (χ0v) is 9.98. The molecule has 92 valence electrons. The molecule has 1 aromatic rings. The number of pyridine rings is 1. The predicted octanol–water partition coefficient (Wildman–Crippen LogP) is 0.706. The first-order valence-corrected chi connectivity index (χ1v) is 5.49. The highest BCUT2D eigenvalue weighted by Gasteiger charge is 1.96. The Labute approximate surface area is 101 Å². The Morgan fingerprint density at radius 3 is 3.06 bits per heavy atom. The molecule has 1 aromatic heterocycles. The van der Waals surface area contributed by atoms with E-state index in [4.69, 9.17) is 14.7 Å². The third-order valence-corrected chi connectivity index (χ3v) is 2.12. The van der Waals surface area contributed by atoms with Crippen LogP contribution in [-0.4, -0.2) is 38.5 Å². The van der Waals surface area contributed by atoms with Gasteiger partial charge in [-0.05, 0) is 17.7 Å². The molecule has 0 aliphatic heterocycles. The van der Waals surface area contributed by atoms with Gasteiger partial charge in [0.1, 0.15) is 11.8 Å². The van der Waals surface area contributed by atoms with Crippen LogP contribution in [0.1, 0.15) is 11.3 Å². The molecule has 0 bridgehead atoms. The molecule has 5 nitrogen and oxygen atoms in total. The first-order chi connectivity index (χ1) is 8.36. The Balaban J connectivity index is 2.12. The molecule has 5 heteroatoms. The third-order valence-electron chi connectivity index (χ3n) is 2.12. The lowest BCUT2D eigenvalue weighted by Crippen LogP contribution is -2.20. The van der Waals surface area contributed by atoms with E-state index in [0.29, 0.717) is 32.1 Å². The van der Waals surface area contributed by atoms with Crippen LogP contribution in [0.4, 0.5) is 0 Å². The number of nitriles is 1. The zero-order valence-electron chi connectivity index (χ0n) is 9.98. The van der Waals surface area contributed by atoms with Gasteiger partial charge in [-0.2, -0.15) is 5.26 Å². The Morgan fingerprint density at radius 2 is 2.29 bits per heavy atom. The Morgan fingerprint density at radius 1 is 1.41 bits per heavy atom. The topological polar surface area (TPSA) is 67.2 Å². The molecule has 0 saturated carbocycles. The summed E-state index contributed by atoms with van der Waals surface area (Å²) < 4.78 is 10.2. The summed E-state index contributed by atoms with van der Waals surface area (Å²) in [5, 5.41) is 11.9. The van der Waals surface area contributed by atoms with Gasteiger partial charge in [0, 0.05) is 26.4 Å². The molecule has 0 aliphatic carbocycles. The van der Waals surface area contributed by atoms with Gasteiger partial charge in [-0.15, -0.1) is 0 Å². The third kappa shape index (κ3) is 5.97. The predicted molar refractivity (Wildman–Crippen MR) is 63.4 cm³/mol. The number of rotatable bonds is 8. The normalized spacial score (nSPS) is 10.1. The maximum atomic E-state index is 8.69. The van der Waals surface area contributed by atoms with Gasteiger partial charge in [-0.1, -0.05) is 0 Å². The van der Waals surface area contributed by atoms with Gasteiger partial charge in [0.2, 0.25) is 0 Å². The summed E-state index contributed by atoms with van der Waals surface area (Å²) in [7, 11) is 1.65. The highest BCUT2D eigenvalue weighted by molar-refractivity contribution is 5.25. The molecule has 0 radical (unpaired) electrons. The lowest BCUT2D eigenvalue weighted by molar-refractivity contribution is 0.0719. The lowest BCUT2D eigenvalue weighted by Gasteiger charge is -2.06. The summed E-state index contributed by atoms with van der Waals surface area (Å²) in [6.07, 6.45) is 1.64. The minimum Gasteiger partial charge on any atom is -0.382 e. The summed E-state index contributed by atoms with van der Waals surface area (Å²) in [4.78, 5) is 3.91. The van der Waals surface area contributed by atoms with E-state index < -0.39 is 0 Å². The largest absolute Gasteiger partial charge is 0.382 e. The van der Waals surface area contributed by atoms with E-state index in [1.54, 1.807) is 19.4 Å². The van der Waals surface area contributed by atoms with E-state index in [0.717, 1.165) is 12.1 Å². The van der Waals surface area contributed by atoms with Crippen LogP contribution in [-0.2, 0) is 16.0 Å². The van der Waals surface area contributed by atoms with Crippen LogP contribution < -0.4 is 5.32 Å². The van der Waals surface area contributed by atoms with Crippen molar-refractivity contribution in [1.29, 1.82) is 5.26 Å². The van der Waals surface area contributed by atoms with Crippen LogP contribution in [0.5, 0.6) is 0 Å². The maximum absolute atomic E-state index is 8.69. The van der Waals surface area contributed by atoms with Crippen molar-refractivity contribution < 1.29 is 9.47 Å². The van der Waals surface area contributed by atoms with Gasteiger partial charge in [0.15, 0.2) is 0 Å². The molecule has 0 amide bonds. The van der Waals surface area contributed by atoms with Gasteiger partial charge in [0.05, 0.1) is 19.8 Å². The van der Waals surface area contributed by atoms with E-state index in [1.165, 1.54) is 0 Å². The van der Waals surface area contributed by atoms with Crippen LogP contribution in [0.3, 0.4) is 0 Å². The Bertz CT molecular complexity index is 363. The number of hydrogen-bond donors (Lipinski definition) is 1. The van der Waals surface area contributed by atoms with Crippen molar-refractivity contribution in [2.24, 2.45) is 0 Å². The summed E-state index contributed by atoms with van der Waals surface area (Å²) in [5.41, 5.74) is 1.49. The Hall–Kier alpha value is -1.48. The number of nitrogens with zero attached hydrogens (tertiary/aromatic N) is 2. The van der Waals surface area contributed by atoms with Gasteiger partial charge in [-0.25, -0.2) is 4.98 Å². The molecule has 0 fully saturated rings. The van der Waals surface area contributed by atoms with Crippen LogP contribution in [0.2, 0.25) is 0 Å². The standard InChI is InChI=1S/C12H17N3O2/c1-16-6-7-17-5-4-14-10-11-2-3-15-12(8-11)9-13/h2-3,8,14H,4-7,10H2,1H3. The molecule has 0 atom stereocenters. The van der Waals surface area contributed by atoms with Crippen LogP contribution >= 0.6 is 0 Å². The molecule has 1 rings (SSSR count). The molecular weight excluding hydrogens is 218 g/mol. The molecular formula is C12H17N3O2. The second kappa shape index (κ2) is 8.65.